The molecule has 1 aliphatic heterocycles. The molecular weight excluding hydrogens is 687 g/mol. The van der Waals surface area contributed by atoms with Crippen LogP contribution in [0.4, 0.5) is 0 Å². The SMILES string of the molecule is CC1(C)[C@@H](O)CC[C@]2(C)[C@H]3C(=O)C=C4[C@@H]5C[C@@](C)(C(=O)N[C@@H](Cc6ccccc6)C(=O)NC6CC(C)(C)N([O])C6(C)C)CC[C@]5(C)CC[C@@]4(C)[C@]3(C)CC[C@@H]12. The number of hydrogen-bond acceptors (Lipinski definition) is 5. The number of carbonyl (C=O) groups is 3. The first-order chi connectivity index (χ1) is 25.4. The summed E-state index contributed by atoms with van der Waals surface area (Å²) in [7, 11) is 0. The van der Waals surface area contributed by atoms with Gasteiger partial charge >= 0.3 is 0 Å². The molecule has 3 N–H and O–H groups in total. The number of allylic oxidation sites excluding steroid dienone is 2. The van der Waals surface area contributed by atoms with Gasteiger partial charge in [-0.05, 0) is 142 Å². The highest BCUT2D eigenvalue weighted by Crippen LogP contribution is 2.75. The number of hydrogen-bond donors (Lipinski definition) is 3. The second-order valence-corrected chi connectivity index (χ2v) is 22.4. The van der Waals surface area contributed by atoms with Crippen LogP contribution in [-0.2, 0) is 26.0 Å². The molecule has 303 valence electrons. The van der Waals surface area contributed by atoms with Crippen LogP contribution in [0, 0.1) is 50.2 Å². The van der Waals surface area contributed by atoms with E-state index in [0.29, 0.717) is 19.3 Å². The van der Waals surface area contributed by atoms with Crippen molar-refractivity contribution < 1.29 is 24.7 Å². The summed E-state index contributed by atoms with van der Waals surface area (Å²) in [6.45, 7) is 23.7. The maximum absolute atomic E-state index is 14.8. The molecule has 0 aromatic heterocycles. The molecular formula is C47H70N3O5. The Bertz CT molecular complexity index is 1750. The lowest BCUT2D eigenvalue weighted by Crippen LogP contribution is -2.66. The van der Waals surface area contributed by atoms with Crippen molar-refractivity contribution in [2.24, 2.45) is 50.2 Å². The van der Waals surface area contributed by atoms with Gasteiger partial charge in [0.25, 0.3) is 0 Å². The van der Waals surface area contributed by atoms with Crippen LogP contribution in [0.2, 0.25) is 0 Å². The van der Waals surface area contributed by atoms with Crippen LogP contribution in [0.25, 0.3) is 0 Å². The zero-order chi connectivity index (χ0) is 40.4. The second-order valence-electron chi connectivity index (χ2n) is 22.4. The van der Waals surface area contributed by atoms with E-state index in [1.807, 2.05) is 58.0 Å². The van der Waals surface area contributed by atoms with Gasteiger partial charge in [0.05, 0.1) is 17.7 Å². The van der Waals surface area contributed by atoms with E-state index in [4.69, 9.17) is 0 Å². The standard InChI is InChI=1S/C47H70N3O5/c1-40(2)28-35(42(5,6)50(40)55)49-38(53)32(25-29-15-13-12-14-16-29)48-39(54)44(8)22-21-43(7)23-24-46(10)30(31(43)27-44)26-33(51)37-45(9)19-18-36(52)41(3,4)34(45)17-20-47(37,46)11/h12-16,26,31-32,34-37,52H,17-25,27-28H2,1-11H3,(H,48,54)(H,49,53)/t31-,32-,34-,35?,36-,37+,43+,44-,45-,46+,47+/m0/s1. The molecule has 0 spiro atoms. The van der Waals surface area contributed by atoms with E-state index >= 15 is 0 Å². The average Bonchev–Trinajstić information content (AvgIpc) is 3.26. The number of benzene rings is 1. The molecule has 1 unspecified atom stereocenters. The summed E-state index contributed by atoms with van der Waals surface area (Å²) in [4.78, 5) is 43.8. The van der Waals surface area contributed by atoms with Crippen LogP contribution < -0.4 is 10.6 Å². The summed E-state index contributed by atoms with van der Waals surface area (Å²) in [5, 5.41) is 31.9. The van der Waals surface area contributed by atoms with Gasteiger partial charge in [-0.1, -0.05) is 84.4 Å². The maximum atomic E-state index is 14.8. The summed E-state index contributed by atoms with van der Waals surface area (Å²) in [6, 6.07) is 8.63. The van der Waals surface area contributed by atoms with E-state index < -0.39 is 22.5 Å². The fourth-order valence-corrected chi connectivity index (χ4v) is 14.0. The normalized spacial score (nSPS) is 43.5. The van der Waals surface area contributed by atoms with Crippen molar-refractivity contribution >= 4 is 17.6 Å². The Balaban J connectivity index is 1.17. The minimum absolute atomic E-state index is 0.0153. The number of hydroxylamine groups is 2. The predicted molar refractivity (Wildman–Crippen MR) is 215 cm³/mol. The molecule has 2 amide bonds. The Morgan fingerprint density at radius 3 is 2.15 bits per heavy atom. The monoisotopic (exact) mass is 757 g/mol. The van der Waals surface area contributed by atoms with Crippen molar-refractivity contribution in [2.45, 2.75) is 176 Å². The molecule has 1 saturated heterocycles. The second kappa shape index (κ2) is 13.0. The van der Waals surface area contributed by atoms with Crippen LogP contribution >= 0.6 is 0 Å². The lowest BCUT2D eigenvalue weighted by Gasteiger charge is -2.70. The number of ketones is 1. The first kappa shape index (κ1) is 40.6. The van der Waals surface area contributed by atoms with E-state index in [2.05, 4.69) is 65.2 Å². The van der Waals surface area contributed by atoms with E-state index in [-0.39, 0.29) is 74.6 Å². The molecule has 4 saturated carbocycles. The summed E-state index contributed by atoms with van der Waals surface area (Å²) < 4.78 is 0. The lowest BCUT2D eigenvalue weighted by atomic mass is 9.33. The van der Waals surface area contributed by atoms with Crippen molar-refractivity contribution in [2.75, 3.05) is 0 Å². The fraction of sp³-hybridized carbons (Fsp3) is 0.766. The summed E-state index contributed by atoms with van der Waals surface area (Å²) in [5.74, 6) is 0.146. The molecule has 1 aromatic carbocycles. The molecule has 8 heteroatoms. The van der Waals surface area contributed by atoms with Gasteiger partial charge in [0, 0.05) is 23.3 Å². The van der Waals surface area contributed by atoms with Crippen molar-refractivity contribution in [3.8, 4) is 0 Å². The third kappa shape index (κ3) is 6.03. The molecule has 6 aliphatic rings. The van der Waals surface area contributed by atoms with Gasteiger partial charge in [0.15, 0.2) is 5.78 Å². The summed E-state index contributed by atoms with van der Waals surface area (Å²) >= 11 is 0. The highest BCUT2D eigenvalue weighted by atomic mass is 16.5. The molecule has 1 heterocycles. The molecule has 5 aliphatic carbocycles. The van der Waals surface area contributed by atoms with Gasteiger partial charge in [0.1, 0.15) is 6.04 Å². The number of nitrogens with one attached hydrogen (secondary N) is 2. The van der Waals surface area contributed by atoms with Gasteiger partial charge in [-0.15, -0.1) is 10.3 Å². The highest BCUT2D eigenvalue weighted by molar-refractivity contribution is 5.96. The van der Waals surface area contributed by atoms with Crippen LogP contribution in [0.15, 0.2) is 42.0 Å². The van der Waals surface area contributed by atoms with Gasteiger partial charge in [-0.3, -0.25) is 14.4 Å². The quantitative estimate of drug-likeness (QED) is 0.271. The Labute approximate surface area is 331 Å². The molecule has 7 rings (SSSR count). The van der Waals surface area contributed by atoms with Gasteiger partial charge in [-0.25, -0.2) is 0 Å². The molecule has 11 atom stereocenters. The maximum Gasteiger partial charge on any atom is 0.243 e. The van der Waals surface area contributed by atoms with E-state index in [0.717, 1.165) is 62.0 Å². The summed E-state index contributed by atoms with van der Waals surface area (Å²) in [6.07, 6.45) is 10.5. The van der Waals surface area contributed by atoms with Crippen LogP contribution in [0.1, 0.15) is 146 Å². The first-order valence-corrected chi connectivity index (χ1v) is 21.4. The van der Waals surface area contributed by atoms with Crippen LogP contribution in [-0.4, -0.2) is 57.0 Å². The number of aliphatic hydroxyl groups is 1. The topological polar surface area (TPSA) is 119 Å². The number of fused-ring (bicyclic) bond motifs is 7. The van der Waals surface area contributed by atoms with Crippen molar-refractivity contribution in [1.82, 2.24) is 15.7 Å². The zero-order valence-electron chi connectivity index (χ0n) is 35.7. The van der Waals surface area contributed by atoms with Crippen molar-refractivity contribution in [3.05, 3.63) is 47.5 Å². The molecule has 8 nitrogen and oxygen atoms in total. The Morgan fingerprint density at radius 2 is 1.51 bits per heavy atom. The van der Waals surface area contributed by atoms with Crippen molar-refractivity contribution in [1.29, 1.82) is 0 Å². The van der Waals surface area contributed by atoms with Crippen LogP contribution in [0.5, 0.6) is 0 Å². The Kier molecular flexibility index (Phi) is 9.59. The van der Waals surface area contributed by atoms with Gasteiger partial charge in [-0.2, -0.15) is 0 Å². The minimum Gasteiger partial charge on any atom is -0.393 e. The number of carbonyl (C=O) groups excluding carboxylic acids is 3. The molecule has 55 heavy (non-hydrogen) atoms. The third-order valence-corrected chi connectivity index (χ3v) is 18.0. The lowest BCUT2D eigenvalue weighted by molar-refractivity contribution is -0.246. The zero-order valence-corrected chi connectivity index (χ0v) is 35.7. The number of nitrogens with zero attached hydrogens (tertiary/aromatic N) is 1. The van der Waals surface area contributed by atoms with E-state index in [9.17, 15) is 24.7 Å². The predicted octanol–water partition coefficient (Wildman–Crippen LogP) is 8.15. The minimum atomic E-state index is -0.805. The molecule has 0 bridgehead atoms. The van der Waals surface area contributed by atoms with Gasteiger partial charge < -0.3 is 15.7 Å². The first-order valence-electron chi connectivity index (χ1n) is 21.4. The number of rotatable bonds is 6. The Morgan fingerprint density at radius 1 is 0.855 bits per heavy atom. The molecule has 5 fully saturated rings. The number of amides is 2. The fourth-order valence-electron chi connectivity index (χ4n) is 14.0. The Hall–Kier alpha value is -2.55. The summed E-state index contributed by atoms with van der Waals surface area (Å²) in [5.41, 5.74) is -0.741. The average molecular weight is 757 g/mol. The van der Waals surface area contributed by atoms with E-state index in [1.165, 1.54) is 5.57 Å². The van der Waals surface area contributed by atoms with Crippen molar-refractivity contribution in [3.63, 3.8) is 0 Å². The van der Waals surface area contributed by atoms with E-state index in [1.54, 1.807) is 0 Å². The number of aliphatic hydroxyl groups excluding tert-OH is 1. The molecule has 1 aromatic rings. The highest BCUT2D eigenvalue weighted by Gasteiger charge is 2.70. The largest absolute Gasteiger partial charge is 0.393 e. The van der Waals surface area contributed by atoms with Crippen LogP contribution in [0.3, 0.4) is 0 Å². The molecule has 1 radical (unpaired) electrons. The third-order valence-electron chi connectivity index (χ3n) is 18.0. The smallest absolute Gasteiger partial charge is 0.243 e. The van der Waals surface area contributed by atoms with Gasteiger partial charge in [0.2, 0.25) is 11.8 Å².